The molecule has 0 aliphatic heterocycles. The van der Waals surface area contributed by atoms with Gasteiger partial charge in [0.2, 0.25) is 0 Å². The van der Waals surface area contributed by atoms with Gasteiger partial charge in [-0.25, -0.2) is 4.74 Å². The molecule has 5 rings (SSSR count). The number of benzene rings is 4. The zero-order valence-corrected chi connectivity index (χ0v) is 22.1. The smallest absolute Gasteiger partial charge is 0.173 e. The van der Waals surface area contributed by atoms with Gasteiger partial charge in [0, 0.05) is 38.8 Å². The summed E-state index contributed by atoms with van der Waals surface area (Å²) in [4.78, 5) is 0. The van der Waals surface area contributed by atoms with Crippen molar-refractivity contribution in [2.24, 2.45) is 4.74 Å². The Bertz CT molecular complexity index is 1540. The summed E-state index contributed by atoms with van der Waals surface area (Å²) in [6.45, 7) is 12.0. The lowest BCUT2D eigenvalue weighted by Gasteiger charge is -2.37. The number of aryl methyl sites for hydroxylation is 2. The number of hydrogen-bond donors (Lipinski definition) is 0. The minimum Gasteiger partial charge on any atom is -0.455 e. The van der Waals surface area contributed by atoms with Crippen molar-refractivity contribution in [3.63, 3.8) is 0 Å². The Balaban J connectivity index is 1.84. The van der Waals surface area contributed by atoms with E-state index < -0.39 is 7.28 Å². The highest BCUT2D eigenvalue weighted by atomic mass is 31.2. The third kappa shape index (κ3) is 4.19. The maximum absolute atomic E-state index is 7.02. The van der Waals surface area contributed by atoms with Crippen LogP contribution in [-0.2, 0) is 6.54 Å². The lowest BCUT2D eigenvalue weighted by Crippen LogP contribution is -2.27. The van der Waals surface area contributed by atoms with Crippen molar-refractivity contribution in [2.75, 3.05) is 0 Å². The highest BCUT2D eigenvalue weighted by molar-refractivity contribution is 7.71. The van der Waals surface area contributed by atoms with Crippen LogP contribution in [0.4, 0.5) is 5.69 Å². The Hall–Kier alpha value is -3.29. The molecule has 0 saturated carbocycles. The molecule has 0 unspecified atom stereocenters. The first-order chi connectivity index (χ1) is 16.8. The van der Waals surface area contributed by atoms with Crippen LogP contribution in [0.1, 0.15) is 33.3 Å². The third-order valence-corrected chi connectivity index (χ3v) is 10.4. The van der Waals surface area contributed by atoms with Gasteiger partial charge in [-0.15, -0.1) is 0 Å². The van der Waals surface area contributed by atoms with E-state index >= 15 is 0 Å². The van der Waals surface area contributed by atoms with Crippen molar-refractivity contribution in [1.29, 1.82) is 0 Å². The monoisotopic (exact) mass is 480 g/mol. The molecule has 0 spiro atoms. The van der Waals surface area contributed by atoms with E-state index in [-0.39, 0.29) is 5.16 Å². The van der Waals surface area contributed by atoms with Crippen molar-refractivity contribution in [3.05, 3.63) is 103 Å². The van der Waals surface area contributed by atoms with Crippen LogP contribution >= 0.6 is 7.28 Å². The quantitative estimate of drug-likeness (QED) is 0.230. The lowest BCUT2D eigenvalue weighted by atomic mass is 10.1. The summed E-state index contributed by atoms with van der Waals surface area (Å²) in [5.41, 5.74) is 4.69. The molecule has 35 heavy (non-hydrogen) atoms. The molecule has 3 nitrogen and oxygen atoms in total. The molecule has 1 atom stereocenters. The molecule has 0 amide bonds. The van der Waals surface area contributed by atoms with Crippen LogP contribution in [0.2, 0.25) is 0 Å². The average Bonchev–Trinajstić information content (AvgIpc) is 3.18. The van der Waals surface area contributed by atoms with Crippen molar-refractivity contribution in [3.8, 4) is 5.75 Å². The van der Waals surface area contributed by atoms with Crippen molar-refractivity contribution in [2.45, 2.75) is 46.3 Å². The van der Waals surface area contributed by atoms with Crippen LogP contribution in [-0.4, -0.2) is 9.72 Å². The predicted octanol–water partition coefficient (Wildman–Crippen LogP) is 9.07. The van der Waals surface area contributed by atoms with Gasteiger partial charge in [-0.05, 0) is 62.4 Å². The van der Waals surface area contributed by atoms with Gasteiger partial charge in [-0.1, -0.05) is 74.9 Å². The van der Waals surface area contributed by atoms with E-state index in [0.29, 0.717) is 0 Å². The first-order valence-corrected chi connectivity index (χ1v) is 13.9. The van der Waals surface area contributed by atoms with E-state index in [0.717, 1.165) is 23.3 Å². The molecule has 0 aliphatic carbocycles. The molecule has 1 heterocycles. The zero-order valence-electron chi connectivity index (χ0n) is 21.2. The number of aromatic nitrogens is 1. The summed E-state index contributed by atoms with van der Waals surface area (Å²) in [5.74, 6) is 0.850. The SMILES string of the molecule is CCn1c2ccccc2c2cc([P@](=Nc3ccc(C)cc3)(Oc3ccccc3)C(C)(C)C)ccc21. The minimum absolute atomic E-state index is 0.232. The third-order valence-electron chi connectivity index (χ3n) is 6.60. The van der Waals surface area contributed by atoms with Crippen molar-refractivity contribution in [1.82, 2.24) is 4.57 Å². The molecule has 0 aliphatic rings. The summed E-state index contributed by atoms with van der Waals surface area (Å²) in [6, 6.07) is 34.1. The summed E-state index contributed by atoms with van der Waals surface area (Å²) in [6.07, 6.45) is 0. The first kappa shape index (κ1) is 23.5. The molecule has 0 bridgehead atoms. The molecule has 0 fully saturated rings. The average molecular weight is 481 g/mol. The second-order valence-corrected chi connectivity index (χ2v) is 13.4. The van der Waals surface area contributed by atoms with Gasteiger partial charge in [0.05, 0.1) is 5.69 Å². The van der Waals surface area contributed by atoms with Gasteiger partial charge in [-0.3, -0.25) is 0 Å². The Morgan fingerprint density at radius 1 is 0.771 bits per heavy atom. The topological polar surface area (TPSA) is 26.5 Å². The van der Waals surface area contributed by atoms with Crippen LogP contribution in [0.25, 0.3) is 21.8 Å². The van der Waals surface area contributed by atoms with Crippen LogP contribution < -0.4 is 9.83 Å². The molecule has 4 heteroatoms. The number of fused-ring (bicyclic) bond motifs is 3. The van der Waals surface area contributed by atoms with Crippen LogP contribution in [0.3, 0.4) is 0 Å². The lowest BCUT2D eigenvalue weighted by molar-refractivity contribution is 0.571. The number of rotatable bonds is 5. The van der Waals surface area contributed by atoms with E-state index in [4.69, 9.17) is 9.27 Å². The number of nitrogens with zero attached hydrogens (tertiary/aromatic N) is 2. The second-order valence-electron chi connectivity index (χ2n) is 10.0. The second kappa shape index (κ2) is 9.06. The summed E-state index contributed by atoms with van der Waals surface area (Å²) in [7, 11) is -2.56. The van der Waals surface area contributed by atoms with Crippen molar-refractivity contribution >= 4 is 40.1 Å². The van der Waals surface area contributed by atoms with Gasteiger partial charge in [-0.2, -0.15) is 0 Å². The van der Waals surface area contributed by atoms with Gasteiger partial charge in [0.15, 0.2) is 7.28 Å². The maximum atomic E-state index is 7.02. The van der Waals surface area contributed by atoms with Crippen LogP contribution in [0.15, 0.2) is 102 Å². The summed E-state index contributed by atoms with van der Waals surface area (Å²) < 4.78 is 14.9. The molecule has 0 radical (unpaired) electrons. The van der Waals surface area contributed by atoms with Gasteiger partial charge in [0.25, 0.3) is 0 Å². The molecule has 0 saturated heterocycles. The van der Waals surface area contributed by atoms with E-state index in [9.17, 15) is 0 Å². The highest BCUT2D eigenvalue weighted by Crippen LogP contribution is 2.62. The molecule has 5 aromatic rings. The first-order valence-electron chi connectivity index (χ1n) is 12.3. The van der Waals surface area contributed by atoms with E-state index in [2.05, 4.69) is 106 Å². The minimum atomic E-state index is -2.56. The summed E-state index contributed by atoms with van der Waals surface area (Å²) in [5, 5.41) is 3.45. The fraction of sp³-hybridized carbons (Fsp3) is 0.226. The Morgan fingerprint density at radius 2 is 1.43 bits per heavy atom. The number of para-hydroxylation sites is 2. The molecule has 0 N–H and O–H groups in total. The largest absolute Gasteiger partial charge is 0.455 e. The molecule has 4 aromatic carbocycles. The van der Waals surface area contributed by atoms with Crippen LogP contribution in [0.5, 0.6) is 5.75 Å². The number of hydrogen-bond acceptors (Lipinski definition) is 2. The normalized spacial score (nSPS) is 13.6. The zero-order chi connectivity index (χ0) is 24.6. The Labute approximate surface area is 208 Å². The van der Waals surface area contributed by atoms with Gasteiger partial charge in [0.1, 0.15) is 5.75 Å². The molecule has 1 aromatic heterocycles. The molecule has 178 valence electrons. The van der Waals surface area contributed by atoms with Crippen LogP contribution in [0, 0.1) is 6.92 Å². The molecular weight excluding hydrogens is 447 g/mol. The van der Waals surface area contributed by atoms with Gasteiger partial charge >= 0.3 is 0 Å². The maximum Gasteiger partial charge on any atom is 0.173 e. The predicted molar refractivity (Wildman–Crippen MR) is 152 cm³/mol. The standard InChI is InChI=1S/C31H33N2OP/c1-6-33-29-15-11-10-14-27(29)28-22-26(20-21-30(28)33)35(31(3,4)5,34-25-12-8-7-9-13-25)32-24-18-16-23(2)17-19-24/h7-22H,6H2,1-5H3/t35-/m0/s1. The fourth-order valence-corrected chi connectivity index (χ4v) is 7.86. The Kier molecular flexibility index (Phi) is 6.07. The molecular formula is C31H33N2OP. The van der Waals surface area contributed by atoms with E-state index in [1.54, 1.807) is 0 Å². The summed E-state index contributed by atoms with van der Waals surface area (Å²) >= 11 is 0. The van der Waals surface area contributed by atoms with Gasteiger partial charge < -0.3 is 9.09 Å². The highest BCUT2D eigenvalue weighted by Gasteiger charge is 2.39. The van der Waals surface area contributed by atoms with E-state index in [1.165, 1.54) is 27.4 Å². The fourth-order valence-electron chi connectivity index (χ4n) is 4.78. The Morgan fingerprint density at radius 3 is 2.11 bits per heavy atom. The van der Waals surface area contributed by atoms with Crippen molar-refractivity contribution < 1.29 is 4.52 Å². The van der Waals surface area contributed by atoms with E-state index in [1.807, 2.05) is 30.3 Å².